The van der Waals surface area contributed by atoms with Gasteiger partial charge in [0.05, 0.1) is 12.5 Å². The summed E-state index contributed by atoms with van der Waals surface area (Å²) in [6.45, 7) is 4.36. The highest BCUT2D eigenvalue weighted by atomic mass is 16.5. The fourth-order valence-electron chi connectivity index (χ4n) is 2.88. The number of ether oxygens (including phenoxy) is 1. The molecule has 0 aliphatic rings. The number of hydrogen-bond acceptors (Lipinski definition) is 4. The van der Waals surface area contributed by atoms with Gasteiger partial charge in [-0.15, -0.1) is 0 Å². The van der Waals surface area contributed by atoms with Crippen molar-refractivity contribution in [2.24, 2.45) is 11.5 Å². The second-order valence-corrected chi connectivity index (χ2v) is 7.10. The summed E-state index contributed by atoms with van der Waals surface area (Å²) in [6, 6.07) is 15.3. The van der Waals surface area contributed by atoms with Crippen LogP contribution in [0.1, 0.15) is 44.7 Å². The lowest BCUT2D eigenvalue weighted by Crippen LogP contribution is -2.49. The van der Waals surface area contributed by atoms with Crippen LogP contribution >= 0.6 is 0 Å². The maximum Gasteiger partial charge on any atom is 0.312 e. The summed E-state index contributed by atoms with van der Waals surface area (Å²) in [5, 5.41) is 5.50. The van der Waals surface area contributed by atoms with Crippen LogP contribution < -0.4 is 26.8 Å². The fourth-order valence-corrected chi connectivity index (χ4v) is 2.88. The second-order valence-electron chi connectivity index (χ2n) is 7.10. The van der Waals surface area contributed by atoms with Gasteiger partial charge in [0, 0.05) is 12.1 Å². The van der Waals surface area contributed by atoms with Gasteiger partial charge in [-0.05, 0) is 42.7 Å². The molecule has 1 atom stereocenters. The molecule has 0 aliphatic heterocycles. The lowest BCUT2D eigenvalue weighted by atomic mass is 9.94. The van der Waals surface area contributed by atoms with Crippen molar-refractivity contribution in [3.05, 3.63) is 60.2 Å². The minimum Gasteiger partial charge on any atom is -0.457 e. The van der Waals surface area contributed by atoms with Gasteiger partial charge in [0.2, 0.25) is 5.91 Å². The third kappa shape index (κ3) is 7.12. The summed E-state index contributed by atoms with van der Waals surface area (Å²) in [7, 11) is 0. The molecule has 0 heterocycles. The van der Waals surface area contributed by atoms with E-state index in [0.29, 0.717) is 18.0 Å². The Balaban J connectivity index is 2.10. The van der Waals surface area contributed by atoms with E-state index >= 15 is 0 Å². The molecule has 7 nitrogen and oxygen atoms in total. The zero-order valence-corrected chi connectivity index (χ0v) is 17.0. The molecular weight excluding hydrogens is 368 g/mol. The number of nitrogens with two attached hydrogens (primary N) is 2. The second kappa shape index (κ2) is 10.5. The number of para-hydroxylation sites is 1. The molecule has 2 aromatic rings. The molecule has 0 aromatic heterocycles. The Morgan fingerprint density at radius 2 is 1.69 bits per heavy atom. The van der Waals surface area contributed by atoms with E-state index in [-0.39, 0.29) is 12.3 Å². The summed E-state index contributed by atoms with van der Waals surface area (Å²) < 4.78 is 5.84. The molecule has 0 fully saturated rings. The Morgan fingerprint density at radius 3 is 2.31 bits per heavy atom. The lowest BCUT2D eigenvalue weighted by molar-refractivity contribution is -0.121. The summed E-state index contributed by atoms with van der Waals surface area (Å²) in [6.07, 6.45) is 1.55. The van der Waals surface area contributed by atoms with Crippen LogP contribution in [-0.4, -0.2) is 24.0 Å². The first kappa shape index (κ1) is 22.2. The van der Waals surface area contributed by atoms with Gasteiger partial charge in [-0.2, -0.15) is 0 Å². The van der Waals surface area contributed by atoms with Crippen LogP contribution in [0.2, 0.25) is 0 Å². The summed E-state index contributed by atoms with van der Waals surface area (Å²) >= 11 is 0. The zero-order valence-electron chi connectivity index (χ0n) is 17.0. The Morgan fingerprint density at radius 1 is 1.03 bits per heavy atom. The van der Waals surface area contributed by atoms with Crippen molar-refractivity contribution in [1.29, 1.82) is 0 Å². The monoisotopic (exact) mass is 398 g/mol. The maximum absolute atomic E-state index is 12.5. The number of carbonyl (C=O) groups excluding carboxylic acids is 2. The van der Waals surface area contributed by atoms with Crippen molar-refractivity contribution in [3.63, 3.8) is 0 Å². The predicted octanol–water partition coefficient (Wildman–Crippen LogP) is 3.21. The molecule has 0 bridgehead atoms. The number of primary amides is 1. The van der Waals surface area contributed by atoms with Gasteiger partial charge in [0.25, 0.3) is 0 Å². The normalized spacial score (nSPS) is 12.1. The summed E-state index contributed by atoms with van der Waals surface area (Å²) in [5.74, 6) is 1.08. The maximum atomic E-state index is 12.5. The SMILES string of the molecule is CCC(N)(CC)CNC(=O)CC(NC(N)=O)c1cccc(Oc2ccccc2)c1. The lowest BCUT2D eigenvalue weighted by Gasteiger charge is -2.27. The largest absolute Gasteiger partial charge is 0.457 e. The minimum absolute atomic E-state index is 0.0429. The summed E-state index contributed by atoms with van der Waals surface area (Å²) in [5.41, 5.74) is 11.8. The van der Waals surface area contributed by atoms with Crippen LogP contribution in [0.5, 0.6) is 11.5 Å². The minimum atomic E-state index is -0.701. The van der Waals surface area contributed by atoms with Gasteiger partial charge in [-0.3, -0.25) is 4.79 Å². The number of urea groups is 1. The van der Waals surface area contributed by atoms with Crippen molar-refractivity contribution < 1.29 is 14.3 Å². The molecule has 0 radical (unpaired) electrons. The average Bonchev–Trinajstić information content (AvgIpc) is 2.72. The number of amides is 3. The molecule has 2 aromatic carbocycles. The number of benzene rings is 2. The Hall–Kier alpha value is -3.06. The Labute approximate surface area is 171 Å². The average molecular weight is 399 g/mol. The molecule has 0 saturated carbocycles. The fraction of sp³-hybridized carbons (Fsp3) is 0.364. The van der Waals surface area contributed by atoms with Gasteiger partial charge in [-0.1, -0.05) is 44.2 Å². The highest BCUT2D eigenvalue weighted by molar-refractivity contribution is 5.79. The molecule has 156 valence electrons. The van der Waals surface area contributed by atoms with Crippen molar-refractivity contribution in [1.82, 2.24) is 10.6 Å². The first-order valence-corrected chi connectivity index (χ1v) is 9.79. The molecule has 3 amide bonds. The summed E-state index contributed by atoms with van der Waals surface area (Å²) in [4.78, 5) is 24.0. The molecule has 2 rings (SSSR count). The Kier molecular flexibility index (Phi) is 8.03. The van der Waals surface area contributed by atoms with E-state index in [9.17, 15) is 9.59 Å². The van der Waals surface area contributed by atoms with Crippen LogP contribution in [-0.2, 0) is 4.79 Å². The highest BCUT2D eigenvalue weighted by Crippen LogP contribution is 2.26. The first-order chi connectivity index (χ1) is 13.8. The molecule has 0 saturated heterocycles. The van der Waals surface area contributed by atoms with E-state index in [2.05, 4.69) is 10.6 Å². The van der Waals surface area contributed by atoms with Crippen molar-refractivity contribution >= 4 is 11.9 Å². The van der Waals surface area contributed by atoms with Gasteiger partial charge >= 0.3 is 6.03 Å². The van der Waals surface area contributed by atoms with E-state index in [1.807, 2.05) is 56.3 Å². The predicted molar refractivity (Wildman–Crippen MR) is 114 cm³/mol. The molecule has 6 N–H and O–H groups in total. The first-order valence-electron chi connectivity index (χ1n) is 9.79. The van der Waals surface area contributed by atoms with E-state index in [4.69, 9.17) is 16.2 Å². The van der Waals surface area contributed by atoms with Crippen LogP contribution in [0, 0.1) is 0 Å². The molecule has 7 heteroatoms. The van der Waals surface area contributed by atoms with Crippen LogP contribution in [0.15, 0.2) is 54.6 Å². The van der Waals surface area contributed by atoms with E-state index in [1.54, 1.807) is 12.1 Å². The molecular formula is C22H30N4O3. The van der Waals surface area contributed by atoms with E-state index < -0.39 is 17.6 Å². The van der Waals surface area contributed by atoms with E-state index in [1.165, 1.54) is 0 Å². The molecule has 1 unspecified atom stereocenters. The van der Waals surface area contributed by atoms with Crippen LogP contribution in [0.3, 0.4) is 0 Å². The Bertz CT molecular complexity index is 807. The third-order valence-electron chi connectivity index (χ3n) is 4.99. The quantitative estimate of drug-likeness (QED) is 0.491. The molecule has 29 heavy (non-hydrogen) atoms. The highest BCUT2D eigenvalue weighted by Gasteiger charge is 2.23. The van der Waals surface area contributed by atoms with E-state index in [0.717, 1.165) is 18.4 Å². The third-order valence-corrected chi connectivity index (χ3v) is 4.99. The van der Waals surface area contributed by atoms with Crippen molar-refractivity contribution in [2.45, 2.75) is 44.7 Å². The van der Waals surface area contributed by atoms with Gasteiger partial charge < -0.3 is 26.8 Å². The van der Waals surface area contributed by atoms with Crippen molar-refractivity contribution in [3.8, 4) is 11.5 Å². The smallest absolute Gasteiger partial charge is 0.312 e. The van der Waals surface area contributed by atoms with Gasteiger partial charge in [0.1, 0.15) is 11.5 Å². The molecule has 0 spiro atoms. The number of rotatable bonds is 10. The van der Waals surface area contributed by atoms with Gasteiger partial charge in [0.15, 0.2) is 0 Å². The number of carbonyl (C=O) groups is 2. The standard InChI is InChI=1S/C22H30N4O3/c1-3-22(24,4-2)15-25-20(27)14-19(26-21(23)28)16-9-8-12-18(13-16)29-17-10-6-5-7-11-17/h5-13,19H,3-4,14-15,24H2,1-2H3,(H,25,27)(H3,23,26,28). The van der Waals surface area contributed by atoms with Crippen LogP contribution in [0.25, 0.3) is 0 Å². The van der Waals surface area contributed by atoms with Gasteiger partial charge in [-0.25, -0.2) is 4.79 Å². The number of nitrogens with one attached hydrogen (secondary N) is 2. The zero-order chi connectivity index (χ0) is 21.3. The molecule has 0 aliphatic carbocycles. The topological polar surface area (TPSA) is 119 Å². The van der Waals surface area contributed by atoms with Crippen molar-refractivity contribution in [2.75, 3.05) is 6.54 Å². The van der Waals surface area contributed by atoms with Crippen LogP contribution in [0.4, 0.5) is 4.79 Å². The number of hydrogen-bond donors (Lipinski definition) is 4.